The average Bonchev–Trinajstić information content (AvgIpc) is 2.30. The van der Waals surface area contributed by atoms with Gasteiger partial charge in [0.15, 0.2) is 0 Å². The summed E-state index contributed by atoms with van der Waals surface area (Å²) in [5.41, 5.74) is 0.362. The van der Waals surface area contributed by atoms with Gasteiger partial charge in [0.25, 0.3) is 0 Å². The number of hydrogen-bond donors (Lipinski definition) is 2. The molecule has 0 bridgehead atoms. The number of likely N-dealkylation sites (tertiary alicyclic amines) is 1. The van der Waals surface area contributed by atoms with Gasteiger partial charge in [-0.2, -0.15) is 0 Å². The summed E-state index contributed by atoms with van der Waals surface area (Å²) in [6.07, 6.45) is 4.21. The minimum Gasteiger partial charge on any atom is -0.474 e. The predicted molar refractivity (Wildman–Crippen MR) is 58.0 cm³/mol. The molecule has 0 atom stereocenters. The molecule has 2 saturated heterocycles. The lowest BCUT2D eigenvalue weighted by Gasteiger charge is -2.44. The number of hydrogen-bond acceptors (Lipinski definition) is 3. The van der Waals surface area contributed by atoms with Crippen LogP contribution >= 0.6 is 0 Å². The first-order chi connectivity index (χ1) is 7.63. The van der Waals surface area contributed by atoms with Gasteiger partial charge in [0.1, 0.15) is 0 Å². The fourth-order valence-corrected chi connectivity index (χ4v) is 2.78. The van der Waals surface area contributed by atoms with E-state index < -0.39 is 11.9 Å². The lowest BCUT2D eigenvalue weighted by atomic mass is 9.71. The van der Waals surface area contributed by atoms with Crippen LogP contribution in [0.2, 0.25) is 0 Å². The van der Waals surface area contributed by atoms with Crippen molar-refractivity contribution < 1.29 is 14.7 Å². The molecule has 2 heterocycles. The van der Waals surface area contributed by atoms with Gasteiger partial charge in [0.05, 0.1) is 0 Å². The number of nitrogens with one attached hydrogen (secondary N) is 1. The van der Waals surface area contributed by atoms with Crippen LogP contribution in [0.4, 0.5) is 0 Å². The zero-order chi connectivity index (χ0) is 11.6. The van der Waals surface area contributed by atoms with Crippen molar-refractivity contribution in [2.24, 2.45) is 5.41 Å². The Balaban J connectivity index is 1.91. The molecule has 0 radical (unpaired) electrons. The van der Waals surface area contributed by atoms with Gasteiger partial charge < -0.3 is 15.3 Å². The number of amides is 1. The Morgan fingerprint density at radius 3 is 2.12 bits per heavy atom. The number of carboxylic acid groups (broad SMARTS) is 1. The zero-order valence-electron chi connectivity index (χ0n) is 9.37. The van der Waals surface area contributed by atoms with Crippen LogP contribution in [0.25, 0.3) is 0 Å². The van der Waals surface area contributed by atoms with Crippen molar-refractivity contribution in [3.8, 4) is 0 Å². The third kappa shape index (κ3) is 2.19. The van der Waals surface area contributed by atoms with Gasteiger partial charge in [-0.15, -0.1) is 0 Å². The highest BCUT2D eigenvalue weighted by Gasteiger charge is 2.37. The quantitative estimate of drug-likeness (QED) is 0.573. The number of carbonyl (C=O) groups is 2. The van der Waals surface area contributed by atoms with Gasteiger partial charge in [0.2, 0.25) is 0 Å². The maximum Gasteiger partial charge on any atom is 0.394 e. The fraction of sp³-hybridized carbons (Fsp3) is 0.818. The first-order valence-electron chi connectivity index (χ1n) is 5.86. The second kappa shape index (κ2) is 4.41. The Bertz CT molecular complexity index is 288. The third-order valence-electron chi connectivity index (χ3n) is 3.96. The molecule has 0 aromatic rings. The van der Waals surface area contributed by atoms with Crippen LogP contribution < -0.4 is 5.32 Å². The van der Waals surface area contributed by atoms with Crippen molar-refractivity contribution in [2.75, 3.05) is 26.2 Å². The van der Waals surface area contributed by atoms with Crippen molar-refractivity contribution in [1.29, 1.82) is 0 Å². The molecule has 2 rings (SSSR count). The highest BCUT2D eigenvalue weighted by Crippen LogP contribution is 2.39. The van der Waals surface area contributed by atoms with Crippen molar-refractivity contribution in [1.82, 2.24) is 10.2 Å². The molecule has 0 saturated carbocycles. The maximum absolute atomic E-state index is 11.3. The van der Waals surface area contributed by atoms with E-state index >= 15 is 0 Å². The summed E-state index contributed by atoms with van der Waals surface area (Å²) in [6.45, 7) is 3.30. The SMILES string of the molecule is O=C(O)C(=O)N1CCC2(CCNCC2)CC1. The summed E-state index contributed by atoms with van der Waals surface area (Å²) >= 11 is 0. The van der Waals surface area contributed by atoms with E-state index in [0.29, 0.717) is 18.5 Å². The molecular formula is C11H18N2O3. The average molecular weight is 226 g/mol. The number of piperidine rings is 2. The van der Waals surface area contributed by atoms with Crippen molar-refractivity contribution in [3.63, 3.8) is 0 Å². The molecule has 0 aliphatic carbocycles. The molecule has 0 aromatic carbocycles. The van der Waals surface area contributed by atoms with Crippen molar-refractivity contribution in [3.05, 3.63) is 0 Å². The summed E-state index contributed by atoms with van der Waals surface area (Å²) in [6, 6.07) is 0. The van der Waals surface area contributed by atoms with Gasteiger partial charge in [-0.3, -0.25) is 4.79 Å². The monoisotopic (exact) mass is 226 g/mol. The molecule has 16 heavy (non-hydrogen) atoms. The van der Waals surface area contributed by atoms with E-state index in [1.165, 1.54) is 4.90 Å². The van der Waals surface area contributed by atoms with E-state index in [1.54, 1.807) is 0 Å². The molecule has 1 amide bonds. The Labute approximate surface area is 94.8 Å². The molecule has 2 N–H and O–H groups in total. The van der Waals surface area contributed by atoms with Crippen LogP contribution in [0.1, 0.15) is 25.7 Å². The van der Waals surface area contributed by atoms with Crippen molar-refractivity contribution >= 4 is 11.9 Å². The number of carboxylic acids is 1. The second-order valence-corrected chi connectivity index (χ2v) is 4.85. The van der Waals surface area contributed by atoms with Crippen LogP contribution in [0.5, 0.6) is 0 Å². The lowest BCUT2D eigenvalue weighted by Crippen LogP contribution is -2.48. The standard InChI is InChI=1S/C11H18N2O3/c14-9(10(15)16)13-7-3-11(4-8-13)1-5-12-6-2-11/h12H,1-8H2,(H,15,16). The minimum atomic E-state index is -1.33. The summed E-state index contributed by atoms with van der Waals surface area (Å²) in [5.74, 6) is -2.08. The van der Waals surface area contributed by atoms with E-state index in [0.717, 1.165) is 38.8 Å². The molecule has 1 spiro atoms. The van der Waals surface area contributed by atoms with Crippen LogP contribution in [-0.2, 0) is 9.59 Å². The van der Waals surface area contributed by atoms with Gasteiger partial charge in [-0.1, -0.05) is 0 Å². The van der Waals surface area contributed by atoms with Gasteiger partial charge in [-0.25, -0.2) is 4.79 Å². The maximum atomic E-state index is 11.3. The van der Waals surface area contributed by atoms with Gasteiger partial charge in [0, 0.05) is 13.1 Å². The molecular weight excluding hydrogens is 208 g/mol. The van der Waals surface area contributed by atoms with E-state index in [1.807, 2.05) is 0 Å². The van der Waals surface area contributed by atoms with Gasteiger partial charge in [-0.05, 0) is 44.2 Å². The molecule has 0 aromatic heterocycles. The summed E-state index contributed by atoms with van der Waals surface area (Å²) in [4.78, 5) is 23.3. The van der Waals surface area contributed by atoms with Crippen LogP contribution in [0, 0.1) is 5.41 Å². The third-order valence-corrected chi connectivity index (χ3v) is 3.96. The van der Waals surface area contributed by atoms with E-state index in [9.17, 15) is 9.59 Å². The fourth-order valence-electron chi connectivity index (χ4n) is 2.78. The summed E-state index contributed by atoms with van der Waals surface area (Å²) in [5, 5.41) is 12.0. The molecule has 0 unspecified atom stereocenters. The Morgan fingerprint density at radius 2 is 1.62 bits per heavy atom. The largest absolute Gasteiger partial charge is 0.474 e. The topological polar surface area (TPSA) is 69.6 Å². The number of rotatable bonds is 0. The number of nitrogens with zero attached hydrogens (tertiary/aromatic N) is 1. The molecule has 5 heteroatoms. The first kappa shape index (κ1) is 11.4. The molecule has 2 aliphatic heterocycles. The lowest BCUT2D eigenvalue weighted by molar-refractivity contribution is -0.157. The summed E-state index contributed by atoms with van der Waals surface area (Å²) in [7, 11) is 0. The Morgan fingerprint density at radius 1 is 1.06 bits per heavy atom. The highest BCUT2D eigenvalue weighted by atomic mass is 16.4. The molecule has 2 aliphatic rings. The number of carbonyl (C=O) groups excluding carboxylic acids is 1. The van der Waals surface area contributed by atoms with E-state index in [2.05, 4.69) is 5.32 Å². The van der Waals surface area contributed by atoms with Crippen molar-refractivity contribution in [2.45, 2.75) is 25.7 Å². The first-order valence-corrected chi connectivity index (χ1v) is 5.86. The second-order valence-electron chi connectivity index (χ2n) is 4.85. The Hall–Kier alpha value is -1.10. The normalized spacial score (nSPS) is 24.4. The van der Waals surface area contributed by atoms with Crippen LogP contribution in [-0.4, -0.2) is 48.1 Å². The highest BCUT2D eigenvalue weighted by molar-refractivity contribution is 6.31. The minimum absolute atomic E-state index is 0.362. The molecule has 90 valence electrons. The van der Waals surface area contributed by atoms with Gasteiger partial charge >= 0.3 is 11.9 Å². The molecule has 2 fully saturated rings. The predicted octanol–water partition coefficient (Wildman–Crippen LogP) is 0.0632. The summed E-state index contributed by atoms with van der Waals surface area (Å²) < 4.78 is 0. The van der Waals surface area contributed by atoms with Crippen LogP contribution in [0.3, 0.4) is 0 Å². The molecule has 5 nitrogen and oxygen atoms in total. The van der Waals surface area contributed by atoms with E-state index in [4.69, 9.17) is 5.11 Å². The Kier molecular flexibility index (Phi) is 3.14. The number of aliphatic carboxylic acids is 1. The zero-order valence-corrected chi connectivity index (χ0v) is 9.37. The smallest absolute Gasteiger partial charge is 0.394 e. The van der Waals surface area contributed by atoms with Crippen LogP contribution in [0.15, 0.2) is 0 Å². The van der Waals surface area contributed by atoms with E-state index in [-0.39, 0.29) is 0 Å².